The second kappa shape index (κ2) is 8.48. The van der Waals surface area contributed by atoms with Gasteiger partial charge in [0.1, 0.15) is 19.3 Å². The number of alkyl halides is 8. The Labute approximate surface area is 127 Å². The van der Waals surface area contributed by atoms with Crippen molar-refractivity contribution in [2.45, 2.75) is 30.5 Å². The average molecular weight is 386 g/mol. The molecule has 0 heterocycles. The zero-order valence-electron chi connectivity index (χ0n) is 11.3. The van der Waals surface area contributed by atoms with E-state index < -0.39 is 57.0 Å². The minimum absolute atomic E-state index is 0.924. The molecule has 1 unspecified atom stereocenters. The number of rotatable bonds is 12. The first-order valence-corrected chi connectivity index (χ1v) is 5.69. The molecule has 0 amide bonds. The monoisotopic (exact) mass is 386 g/mol. The summed E-state index contributed by atoms with van der Waals surface area (Å²) >= 11 is 0. The molecule has 0 radical (unpaired) electrons. The van der Waals surface area contributed by atoms with Gasteiger partial charge in [-0.1, -0.05) is 0 Å². The normalized spacial score (nSPS) is 15.6. The van der Waals surface area contributed by atoms with Crippen molar-refractivity contribution in [2.75, 3.05) is 26.4 Å². The highest BCUT2D eigenvalue weighted by molar-refractivity contribution is 4.68. The predicted molar refractivity (Wildman–Crippen MR) is 52.9 cm³/mol. The fourth-order valence-corrected chi connectivity index (χ4v) is 1.00. The van der Waals surface area contributed by atoms with E-state index in [2.05, 4.69) is 14.2 Å². The maximum Gasteiger partial charge on any atom is 0.478 e. The lowest BCUT2D eigenvalue weighted by Gasteiger charge is -2.26. The Morgan fingerprint density at radius 1 is 0.792 bits per heavy atom. The Hall–Kier alpha value is -0.870. The van der Waals surface area contributed by atoms with E-state index in [0.717, 1.165) is 0 Å². The van der Waals surface area contributed by atoms with Gasteiger partial charge in [-0.15, -0.1) is 4.94 Å². The Morgan fingerprint density at radius 2 is 1.25 bits per heavy atom. The highest BCUT2D eigenvalue weighted by Crippen LogP contribution is 2.40. The van der Waals surface area contributed by atoms with Gasteiger partial charge in [-0.3, -0.25) is 0 Å². The zero-order valence-corrected chi connectivity index (χ0v) is 11.3. The number of hydrogen-bond donors (Lipinski definition) is 2. The molecule has 0 spiro atoms. The fourth-order valence-electron chi connectivity index (χ4n) is 1.00. The molecular weight excluding hydrogens is 375 g/mol. The molecule has 0 aliphatic rings. The third-order valence-electron chi connectivity index (χ3n) is 1.88. The summed E-state index contributed by atoms with van der Waals surface area (Å²) in [6.07, 6.45) is -23.1. The van der Waals surface area contributed by atoms with Gasteiger partial charge in [0.15, 0.2) is 0 Å². The average Bonchev–Trinajstić information content (AvgIpc) is 2.35. The van der Waals surface area contributed by atoms with Crippen LogP contribution < -0.4 is 0 Å². The summed E-state index contributed by atoms with van der Waals surface area (Å²) in [6, 6.07) is 0. The van der Waals surface area contributed by atoms with Crippen molar-refractivity contribution < 1.29 is 69.0 Å². The second-order valence-electron chi connectivity index (χ2n) is 4.20. The first-order valence-electron chi connectivity index (χ1n) is 5.69. The number of halogens is 9. The second-order valence-corrected chi connectivity index (χ2v) is 4.20. The summed E-state index contributed by atoms with van der Waals surface area (Å²) in [5.74, 6) is 0. The van der Waals surface area contributed by atoms with E-state index in [1.165, 1.54) is 0 Å². The van der Waals surface area contributed by atoms with Gasteiger partial charge in [0, 0.05) is 0 Å². The van der Waals surface area contributed by atoms with Gasteiger partial charge in [0.2, 0.25) is 0 Å². The molecule has 0 rings (SSSR count). The lowest BCUT2D eigenvalue weighted by atomic mass is 10.4. The Morgan fingerprint density at radius 3 is 1.67 bits per heavy atom. The summed E-state index contributed by atoms with van der Waals surface area (Å²) in [7, 11) is 0. The molecule has 0 aromatic carbocycles. The first kappa shape index (κ1) is 23.1. The molecule has 24 heavy (non-hydrogen) atoms. The molecular formula is C9H11F9O6. The summed E-state index contributed by atoms with van der Waals surface area (Å²) in [5, 5.41) is 17.0. The molecule has 2 N–H and O–H groups in total. The van der Waals surface area contributed by atoms with Crippen molar-refractivity contribution in [1.82, 2.24) is 0 Å². The van der Waals surface area contributed by atoms with E-state index in [4.69, 9.17) is 10.2 Å². The van der Waals surface area contributed by atoms with Crippen LogP contribution in [-0.2, 0) is 19.2 Å². The van der Waals surface area contributed by atoms with Crippen molar-refractivity contribution in [3.8, 4) is 0 Å². The third kappa shape index (κ3) is 8.84. The zero-order chi connectivity index (χ0) is 19.2. The molecule has 0 aliphatic carbocycles. The van der Waals surface area contributed by atoms with Gasteiger partial charge < -0.3 is 19.7 Å². The van der Waals surface area contributed by atoms with Crippen LogP contribution in [0.3, 0.4) is 0 Å². The minimum atomic E-state index is -6.05. The molecule has 0 saturated heterocycles. The summed E-state index contributed by atoms with van der Waals surface area (Å²) in [6.45, 7) is -5.63. The van der Waals surface area contributed by atoms with Crippen LogP contribution in [0.2, 0.25) is 0 Å². The van der Waals surface area contributed by atoms with Crippen LogP contribution in [0, 0.1) is 0 Å². The Balaban J connectivity index is 4.25. The van der Waals surface area contributed by atoms with Crippen LogP contribution in [0.5, 0.6) is 0 Å². The lowest BCUT2D eigenvalue weighted by Crippen LogP contribution is -2.49. The standard InChI is InChI=1S/C9H11F9O6/c10-6(11,20)3-21-1-5(19)2-22-4-7(12,13)23-8(14,15)9(16,17)24-18/h5,19-20H,1-4H2. The summed E-state index contributed by atoms with van der Waals surface area (Å²) < 4.78 is 121. The van der Waals surface area contributed by atoms with E-state index >= 15 is 0 Å². The van der Waals surface area contributed by atoms with Gasteiger partial charge in [-0.05, 0) is 4.53 Å². The van der Waals surface area contributed by atoms with E-state index in [0.29, 0.717) is 0 Å². The lowest BCUT2D eigenvalue weighted by molar-refractivity contribution is -0.515. The molecule has 15 heteroatoms. The molecule has 0 bridgehead atoms. The predicted octanol–water partition coefficient (Wildman–Crippen LogP) is 1.66. The van der Waals surface area contributed by atoms with Crippen LogP contribution in [0.15, 0.2) is 0 Å². The molecule has 0 aromatic heterocycles. The number of ether oxygens (including phenoxy) is 3. The molecule has 1 atom stereocenters. The largest absolute Gasteiger partial charge is 0.478 e. The van der Waals surface area contributed by atoms with Gasteiger partial charge in [0.25, 0.3) is 0 Å². The Kier molecular flexibility index (Phi) is 8.17. The van der Waals surface area contributed by atoms with Crippen molar-refractivity contribution in [2.24, 2.45) is 0 Å². The van der Waals surface area contributed by atoms with Gasteiger partial charge in [0.05, 0.1) is 13.2 Å². The number of hydrogen-bond acceptors (Lipinski definition) is 6. The maximum absolute atomic E-state index is 12.9. The smallest absolute Gasteiger partial charge is 0.388 e. The topological polar surface area (TPSA) is 77.4 Å². The number of aliphatic hydroxyl groups is 2. The quantitative estimate of drug-likeness (QED) is 0.497. The Bertz CT molecular complexity index is 375. The van der Waals surface area contributed by atoms with E-state index in [1.807, 2.05) is 0 Å². The first-order chi connectivity index (χ1) is 10.6. The molecule has 0 fully saturated rings. The van der Waals surface area contributed by atoms with E-state index in [-0.39, 0.29) is 0 Å². The van der Waals surface area contributed by atoms with Crippen LogP contribution in [0.25, 0.3) is 0 Å². The SMILES string of the molecule is OC(COCC(O)(F)F)COCC(F)(F)OC(F)(F)C(F)(F)OF. The van der Waals surface area contributed by atoms with Crippen LogP contribution >= 0.6 is 0 Å². The summed E-state index contributed by atoms with van der Waals surface area (Å²) in [4.78, 5) is 1.54. The summed E-state index contributed by atoms with van der Waals surface area (Å²) in [5.41, 5.74) is 0. The molecule has 0 aliphatic heterocycles. The molecule has 146 valence electrons. The van der Waals surface area contributed by atoms with Crippen LogP contribution in [0.4, 0.5) is 39.6 Å². The van der Waals surface area contributed by atoms with Crippen molar-refractivity contribution >= 4 is 0 Å². The van der Waals surface area contributed by atoms with Crippen molar-refractivity contribution in [3.63, 3.8) is 0 Å². The van der Waals surface area contributed by atoms with Crippen LogP contribution in [-0.4, -0.2) is 67.2 Å². The van der Waals surface area contributed by atoms with Gasteiger partial charge in [-0.2, -0.15) is 35.1 Å². The maximum atomic E-state index is 12.9. The fraction of sp³-hybridized carbons (Fsp3) is 1.00. The van der Waals surface area contributed by atoms with Gasteiger partial charge in [-0.25, -0.2) is 4.74 Å². The molecule has 0 saturated carbocycles. The molecule has 0 aromatic rings. The molecule has 6 nitrogen and oxygen atoms in total. The number of aliphatic hydroxyl groups excluding tert-OH is 1. The van der Waals surface area contributed by atoms with Crippen molar-refractivity contribution in [1.29, 1.82) is 0 Å². The van der Waals surface area contributed by atoms with E-state index in [1.54, 1.807) is 4.94 Å². The highest BCUT2D eigenvalue weighted by Gasteiger charge is 2.65. The minimum Gasteiger partial charge on any atom is -0.388 e. The van der Waals surface area contributed by atoms with Crippen LogP contribution in [0.1, 0.15) is 0 Å². The third-order valence-corrected chi connectivity index (χ3v) is 1.88. The van der Waals surface area contributed by atoms with Crippen molar-refractivity contribution in [3.05, 3.63) is 0 Å². The van der Waals surface area contributed by atoms with E-state index in [9.17, 15) is 39.6 Å². The van der Waals surface area contributed by atoms with Gasteiger partial charge >= 0.3 is 24.4 Å². The highest BCUT2D eigenvalue weighted by atomic mass is 19.4.